The van der Waals surface area contributed by atoms with Crippen molar-refractivity contribution in [1.29, 1.82) is 0 Å². The fraction of sp³-hybridized carbons (Fsp3) is 0.400. The molecule has 7 nitrogen and oxygen atoms in total. The van der Waals surface area contributed by atoms with Crippen molar-refractivity contribution in [2.24, 2.45) is 0 Å². The molecule has 2 atom stereocenters. The normalized spacial score (nSPS) is 22.3. The van der Waals surface area contributed by atoms with Gasteiger partial charge >= 0.3 is 0 Å². The van der Waals surface area contributed by atoms with E-state index < -0.39 is 22.2 Å². The molecule has 1 aliphatic rings. The van der Waals surface area contributed by atoms with Gasteiger partial charge in [0.25, 0.3) is 0 Å². The molecule has 1 aromatic carbocycles. The van der Waals surface area contributed by atoms with Gasteiger partial charge in [-0.1, -0.05) is 18.2 Å². The lowest BCUT2D eigenvalue weighted by Crippen LogP contribution is -2.31. The molecule has 0 saturated carbocycles. The van der Waals surface area contributed by atoms with Gasteiger partial charge in [-0.25, -0.2) is 8.42 Å². The summed E-state index contributed by atoms with van der Waals surface area (Å²) in [6.07, 6.45) is 1.80. The van der Waals surface area contributed by atoms with Crippen LogP contribution >= 0.6 is 0 Å². The quantitative estimate of drug-likeness (QED) is 0.869. The summed E-state index contributed by atoms with van der Waals surface area (Å²) in [4.78, 5) is 0.214. The molecule has 0 aliphatic carbocycles. The number of aromatic nitrogens is 2. The number of benzene rings is 1. The summed E-state index contributed by atoms with van der Waals surface area (Å²) < 4.78 is 33.8. The van der Waals surface area contributed by atoms with Gasteiger partial charge in [0.15, 0.2) is 5.75 Å². The van der Waals surface area contributed by atoms with E-state index in [1.807, 2.05) is 6.92 Å². The molecule has 0 amide bonds. The van der Waals surface area contributed by atoms with Crippen molar-refractivity contribution in [3.8, 4) is 5.75 Å². The fourth-order valence-electron chi connectivity index (χ4n) is 2.53. The maximum absolute atomic E-state index is 12.6. The largest absolute Gasteiger partial charge is 0.483 e. The van der Waals surface area contributed by atoms with Crippen LogP contribution in [0.2, 0.25) is 0 Å². The highest BCUT2D eigenvalue weighted by atomic mass is 32.2. The molecular weight excluding hydrogens is 318 g/mol. The van der Waals surface area contributed by atoms with Gasteiger partial charge in [-0.2, -0.15) is 9.40 Å². The van der Waals surface area contributed by atoms with Crippen molar-refractivity contribution in [1.82, 2.24) is 14.1 Å². The highest BCUT2D eigenvalue weighted by Crippen LogP contribution is 2.24. The van der Waals surface area contributed by atoms with Crippen molar-refractivity contribution < 1.29 is 18.3 Å². The molecule has 1 saturated heterocycles. The first-order chi connectivity index (χ1) is 11.0. The summed E-state index contributed by atoms with van der Waals surface area (Å²) >= 11 is 0. The highest BCUT2D eigenvalue weighted by Gasteiger charge is 2.40. The average Bonchev–Trinajstić information content (AvgIpc) is 3.16. The molecule has 3 rings (SSSR count). The van der Waals surface area contributed by atoms with E-state index in [4.69, 9.17) is 4.74 Å². The first kappa shape index (κ1) is 16.0. The second-order valence-corrected chi connectivity index (χ2v) is 7.33. The van der Waals surface area contributed by atoms with Gasteiger partial charge in [-0.05, 0) is 19.1 Å². The van der Waals surface area contributed by atoms with Crippen molar-refractivity contribution in [3.05, 3.63) is 42.7 Å². The minimum Gasteiger partial charge on any atom is -0.483 e. The van der Waals surface area contributed by atoms with Crippen molar-refractivity contribution in [2.45, 2.75) is 30.6 Å². The smallest absolute Gasteiger partial charge is 0.243 e. The standard InChI is InChI=1S/C15H19N3O4S/c1-2-17-9-12(8-16-17)22-15-11-18(10-14(15)19)23(20,21)13-6-4-3-5-7-13/h3-9,14-15,19H,2,10-11H2,1H3/t14-,15-/m1/s1. The number of nitrogens with zero attached hydrogens (tertiary/aromatic N) is 3. The number of aryl methyl sites for hydroxylation is 1. The van der Waals surface area contributed by atoms with Gasteiger partial charge in [-0.3, -0.25) is 4.68 Å². The Hall–Kier alpha value is -1.90. The van der Waals surface area contributed by atoms with Crippen LogP contribution in [0.25, 0.3) is 0 Å². The molecule has 1 fully saturated rings. The van der Waals surface area contributed by atoms with Crippen LogP contribution in [-0.4, -0.2) is 52.9 Å². The molecule has 1 aliphatic heterocycles. The third-order valence-electron chi connectivity index (χ3n) is 3.81. The lowest BCUT2D eigenvalue weighted by Gasteiger charge is -2.16. The highest BCUT2D eigenvalue weighted by molar-refractivity contribution is 7.89. The Labute approximate surface area is 135 Å². The molecule has 0 radical (unpaired) electrons. The van der Waals surface area contributed by atoms with Gasteiger partial charge in [-0.15, -0.1) is 0 Å². The zero-order valence-corrected chi connectivity index (χ0v) is 13.6. The monoisotopic (exact) mass is 337 g/mol. The third kappa shape index (κ3) is 3.24. The predicted octanol–water partition coefficient (Wildman–Crippen LogP) is 0.716. The SMILES string of the molecule is CCn1cc(O[C@@H]2CN(S(=O)(=O)c3ccccc3)C[C@H]2O)cn1. The molecule has 124 valence electrons. The molecule has 8 heteroatoms. The van der Waals surface area contributed by atoms with Crippen molar-refractivity contribution in [3.63, 3.8) is 0 Å². The van der Waals surface area contributed by atoms with E-state index in [2.05, 4.69) is 5.10 Å². The summed E-state index contributed by atoms with van der Waals surface area (Å²) in [5.74, 6) is 0.523. The molecule has 1 aromatic heterocycles. The number of β-amino-alcohol motifs (C(OH)–C–C–N with tert-alkyl or cyclic N) is 1. The number of aliphatic hydroxyl groups is 1. The maximum atomic E-state index is 12.6. The van der Waals surface area contributed by atoms with E-state index in [1.165, 1.54) is 4.31 Å². The Kier molecular flexibility index (Phi) is 4.38. The van der Waals surface area contributed by atoms with Gasteiger partial charge in [0, 0.05) is 13.1 Å². The van der Waals surface area contributed by atoms with Gasteiger partial charge in [0.1, 0.15) is 12.2 Å². The first-order valence-electron chi connectivity index (χ1n) is 7.43. The Balaban J connectivity index is 1.73. The number of sulfonamides is 1. The Morgan fingerprint density at radius 2 is 2.04 bits per heavy atom. The van der Waals surface area contributed by atoms with Gasteiger partial charge in [0.2, 0.25) is 10.0 Å². The molecular formula is C15H19N3O4S. The van der Waals surface area contributed by atoms with Crippen LogP contribution < -0.4 is 4.74 Å². The molecule has 0 bridgehead atoms. The number of aliphatic hydroxyl groups excluding tert-OH is 1. The van der Waals surface area contributed by atoms with Gasteiger partial charge in [0.05, 0.1) is 23.8 Å². The van der Waals surface area contributed by atoms with Crippen LogP contribution in [0.3, 0.4) is 0 Å². The predicted molar refractivity (Wildman–Crippen MR) is 83.5 cm³/mol. The minimum absolute atomic E-state index is 0.0177. The Morgan fingerprint density at radius 3 is 2.70 bits per heavy atom. The minimum atomic E-state index is -3.62. The van der Waals surface area contributed by atoms with Crippen LogP contribution in [0.5, 0.6) is 5.75 Å². The lowest BCUT2D eigenvalue weighted by atomic mass is 10.3. The molecule has 23 heavy (non-hydrogen) atoms. The fourth-order valence-corrected chi connectivity index (χ4v) is 4.02. The van der Waals surface area contributed by atoms with Crippen LogP contribution in [-0.2, 0) is 16.6 Å². The van der Waals surface area contributed by atoms with Crippen LogP contribution in [0, 0.1) is 0 Å². The van der Waals surface area contributed by atoms with E-state index >= 15 is 0 Å². The second-order valence-electron chi connectivity index (χ2n) is 5.39. The lowest BCUT2D eigenvalue weighted by molar-refractivity contribution is 0.0736. The topological polar surface area (TPSA) is 84.7 Å². The average molecular weight is 337 g/mol. The van der Waals surface area contributed by atoms with Crippen molar-refractivity contribution in [2.75, 3.05) is 13.1 Å². The van der Waals surface area contributed by atoms with Crippen LogP contribution in [0.15, 0.2) is 47.6 Å². The Morgan fingerprint density at radius 1 is 1.30 bits per heavy atom. The van der Waals surface area contributed by atoms with E-state index in [1.54, 1.807) is 47.4 Å². The van der Waals surface area contributed by atoms with E-state index in [-0.39, 0.29) is 18.0 Å². The number of hydrogen-bond acceptors (Lipinski definition) is 5. The van der Waals surface area contributed by atoms with Gasteiger partial charge < -0.3 is 9.84 Å². The molecule has 1 N–H and O–H groups in total. The van der Waals surface area contributed by atoms with Crippen LogP contribution in [0.1, 0.15) is 6.92 Å². The zero-order chi connectivity index (χ0) is 16.4. The summed E-state index contributed by atoms with van der Waals surface area (Å²) in [5, 5.41) is 14.2. The second kappa shape index (κ2) is 6.31. The number of hydrogen-bond donors (Lipinski definition) is 1. The number of rotatable bonds is 5. The summed E-state index contributed by atoms with van der Waals surface area (Å²) in [7, 11) is -3.62. The van der Waals surface area contributed by atoms with E-state index in [9.17, 15) is 13.5 Å². The molecule has 0 spiro atoms. The van der Waals surface area contributed by atoms with E-state index in [0.29, 0.717) is 12.3 Å². The summed E-state index contributed by atoms with van der Waals surface area (Å²) in [6, 6.07) is 8.19. The zero-order valence-electron chi connectivity index (χ0n) is 12.7. The summed E-state index contributed by atoms with van der Waals surface area (Å²) in [6.45, 7) is 2.79. The molecule has 2 aromatic rings. The molecule has 0 unspecified atom stereocenters. The number of ether oxygens (including phenoxy) is 1. The Bertz CT molecular complexity index is 760. The maximum Gasteiger partial charge on any atom is 0.243 e. The van der Waals surface area contributed by atoms with Crippen LogP contribution in [0.4, 0.5) is 0 Å². The van der Waals surface area contributed by atoms with Crippen molar-refractivity contribution >= 4 is 10.0 Å². The van der Waals surface area contributed by atoms with E-state index in [0.717, 1.165) is 0 Å². The first-order valence-corrected chi connectivity index (χ1v) is 8.87. The summed E-state index contributed by atoms with van der Waals surface area (Å²) in [5.41, 5.74) is 0. The molecule has 2 heterocycles. The third-order valence-corrected chi connectivity index (χ3v) is 5.65.